The topological polar surface area (TPSA) is 38.0 Å². The van der Waals surface area contributed by atoms with Gasteiger partial charge in [-0.2, -0.15) is 18.4 Å². The molecule has 0 spiro atoms. The number of nitrogens with zero attached hydrogens (tertiary/aromatic N) is 4. The number of aromatic nitrogens is 2. The van der Waals surface area contributed by atoms with Crippen molar-refractivity contribution >= 4 is 49.3 Å². The fraction of sp³-hybridized carbons (Fsp3) is 0.0909. The van der Waals surface area contributed by atoms with Crippen molar-refractivity contribution in [2.45, 2.75) is 33.9 Å². The lowest BCUT2D eigenvalue weighted by atomic mass is 9.95. The van der Waals surface area contributed by atoms with Crippen LogP contribution in [0.5, 0.6) is 0 Å². The predicted molar refractivity (Wildman–Crippen MR) is 246 cm³/mol. The number of nitriles is 1. The number of benzene rings is 8. The summed E-state index contributed by atoms with van der Waals surface area (Å²) >= 11 is 0. The minimum atomic E-state index is -4.66. The normalized spacial score (nSPS) is 11.8. The predicted octanol–water partition coefficient (Wildman–Crippen LogP) is 15.6. The van der Waals surface area contributed by atoms with Crippen LogP contribution in [0.3, 0.4) is 0 Å². The van der Waals surface area contributed by atoms with E-state index < -0.39 is 11.7 Å². The average Bonchev–Trinajstić information content (AvgIpc) is 3.76. The van der Waals surface area contributed by atoms with Crippen LogP contribution in [0.15, 0.2) is 152 Å². The molecule has 0 saturated heterocycles. The zero-order valence-electron chi connectivity index (χ0n) is 34.4. The molecule has 0 saturated carbocycles. The number of alkyl halides is 3. The van der Waals surface area contributed by atoms with E-state index in [0.717, 1.165) is 100 Å². The number of fused-ring (bicyclic) bond motifs is 6. The summed E-state index contributed by atoms with van der Waals surface area (Å²) in [6.45, 7) is 16.6. The zero-order valence-corrected chi connectivity index (χ0v) is 34.4. The van der Waals surface area contributed by atoms with Crippen molar-refractivity contribution in [3.05, 3.63) is 196 Å². The van der Waals surface area contributed by atoms with E-state index >= 15 is 0 Å². The summed E-state index contributed by atoms with van der Waals surface area (Å²) in [7, 11) is 0. The third-order valence-corrected chi connectivity index (χ3v) is 11.9. The molecule has 0 radical (unpaired) electrons. The van der Waals surface area contributed by atoms with Gasteiger partial charge in [-0.3, -0.25) is 0 Å². The van der Waals surface area contributed by atoms with Crippen LogP contribution < -0.4 is 0 Å². The second-order valence-corrected chi connectivity index (χ2v) is 16.3. The molecule has 2 heterocycles. The molecular weight excluding hydrogens is 774 g/mol. The molecule has 0 aliphatic rings. The standard InChI is InChI=1S/C55H37F3N4/c1-32-20-33(2)23-39(22-32)37-14-17-44-42-10-6-8-12-48(42)61(50(44)28-37)52-26-36(31-59)27-53(54(52)46-19-16-41(55(56,57)58)30-47(46)60-5)62-49-13-9-7-11-43(49)45-18-15-38(29-51(45)62)40-24-34(3)21-35(4)25-40/h6-30H,1-4H3. The SMILES string of the molecule is [C-]#[N+]c1cc(C(F)(F)F)ccc1-c1c(-n2c3ccccc3c3ccc(-c4cc(C)cc(C)c4)cc32)cc(C#N)cc1-n1c2ccccc2c2ccc(-c3cc(C)cc(C)c3)cc21. The van der Waals surface area contributed by atoms with Crippen LogP contribution in [0.1, 0.15) is 33.4 Å². The molecular formula is C55H37F3N4. The third kappa shape index (κ3) is 6.30. The number of hydrogen-bond donors (Lipinski definition) is 0. The molecule has 10 rings (SSSR count). The second-order valence-electron chi connectivity index (χ2n) is 16.3. The van der Waals surface area contributed by atoms with Gasteiger partial charge >= 0.3 is 6.18 Å². The van der Waals surface area contributed by atoms with Crippen molar-refractivity contribution in [1.82, 2.24) is 9.13 Å². The van der Waals surface area contributed by atoms with Gasteiger partial charge in [0.05, 0.1) is 51.6 Å². The van der Waals surface area contributed by atoms with Gasteiger partial charge in [-0.15, -0.1) is 0 Å². The summed E-state index contributed by atoms with van der Waals surface area (Å²) in [5, 5.41) is 14.7. The molecule has 10 aromatic rings. The quantitative estimate of drug-likeness (QED) is 0.160. The Morgan fingerprint density at radius 1 is 0.500 bits per heavy atom. The van der Waals surface area contributed by atoms with Gasteiger partial charge in [0, 0.05) is 32.7 Å². The summed E-state index contributed by atoms with van der Waals surface area (Å²) in [6, 6.07) is 51.1. The molecule has 0 fully saturated rings. The van der Waals surface area contributed by atoms with E-state index in [0.29, 0.717) is 28.1 Å². The Balaban J connectivity index is 1.38. The molecule has 0 bridgehead atoms. The number of hydrogen-bond acceptors (Lipinski definition) is 1. The Morgan fingerprint density at radius 3 is 1.39 bits per heavy atom. The van der Waals surface area contributed by atoms with E-state index in [-0.39, 0.29) is 5.69 Å². The third-order valence-electron chi connectivity index (χ3n) is 11.9. The Kier molecular flexibility index (Phi) is 8.91. The first-order valence-electron chi connectivity index (χ1n) is 20.3. The Labute approximate surface area is 356 Å². The highest BCUT2D eigenvalue weighted by molar-refractivity contribution is 6.13. The molecule has 0 unspecified atom stereocenters. The Morgan fingerprint density at radius 2 is 0.952 bits per heavy atom. The van der Waals surface area contributed by atoms with Crippen LogP contribution in [0.25, 0.3) is 93.2 Å². The van der Waals surface area contributed by atoms with E-state index in [1.54, 1.807) is 12.1 Å². The largest absolute Gasteiger partial charge is 0.415 e. The van der Waals surface area contributed by atoms with Crippen LogP contribution in [0.4, 0.5) is 18.9 Å². The van der Waals surface area contributed by atoms with Crippen molar-refractivity contribution in [3.63, 3.8) is 0 Å². The fourth-order valence-electron chi connectivity index (χ4n) is 9.42. The lowest BCUT2D eigenvalue weighted by Crippen LogP contribution is -2.07. The molecule has 4 nitrogen and oxygen atoms in total. The highest BCUT2D eigenvalue weighted by Gasteiger charge is 2.32. The van der Waals surface area contributed by atoms with Crippen molar-refractivity contribution in [1.29, 1.82) is 5.26 Å². The molecule has 8 aromatic carbocycles. The van der Waals surface area contributed by atoms with Crippen LogP contribution in [0, 0.1) is 45.6 Å². The van der Waals surface area contributed by atoms with Gasteiger partial charge in [-0.05, 0) is 98.0 Å². The monoisotopic (exact) mass is 810 g/mol. The molecule has 0 N–H and O–H groups in total. The summed E-state index contributed by atoms with van der Waals surface area (Å²) in [5.74, 6) is 0. The van der Waals surface area contributed by atoms with E-state index in [4.69, 9.17) is 6.57 Å². The minimum Gasteiger partial charge on any atom is -0.309 e. The number of rotatable bonds is 5. The summed E-state index contributed by atoms with van der Waals surface area (Å²) in [4.78, 5) is 3.76. The van der Waals surface area contributed by atoms with E-state index in [9.17, 15) is 18.4 Å². The van der Waals surface area contributed by atoms with E-state index in [1.165, 1.54) is 6.07 Å². The lowest BCUT2D eigenvalue weighted by molar-refractivity contribution is -0.137. The van der Waals surface area contributed by atoms with Gasteiger partial charge in [0.15, 0.2) is 5.69 Å². The van der Waals surface area contributed by atoms with Crippen LogP contribution in [0.2, 0.25) is 0 Å². The lowest BCUT2D eigenvalue weighted by Gasteiger charge is -2.22. The summed E-state index contributed by atoms with van der Waals surface area (Å²) in [6.07, 6.45) is -4.66. The first kappa shape index (κ1) is 38.3. The average molecular weight is 811 g/mol. The summed E-state index contributed by atoms with van der Waals surface area (Å²) < 4.78 is 47.3. The maximum absolute atomic E-state index is 14.3. The van der Waals surface area contributed by atoms with E-state index in [2.05, 4.69) is 133 Å². The zero-order chi connectivity index (χ0) is 43.0. The fourth-order valence-corrected chi connectivity index (χ4v) is 9.42. The molecule has 2 aromatic heterocycles. The van der Waals surface area contributed by atoms with Crippen molar-refractivity contribution < 1.29 is 13.2 Å². The number of halogens is 3. The first-order valence-corrected chi connectivity index (χ1v) is 20.3. The Hall–Kier alpha value is -7.87. The highest BCUT2D eigenvalue weighted by atomic mass is 19.4. The van der Waals surface area contributed by atoms with Crippen molar-refractivity contribution in [2.24, 2.45) is 0 Å². The van der Waals surface area contributed by atoms with Gasteiger partial charge in [0.2, 0.25) is 0 Å². The second kappa shape index (κ2) is 14.4. The molecule has 62 heavy (non-hydrogen) atoms. The Bertz CT molecular complexity index is 3360. The minimum absolute atomic E-state index is 0.152. The van der Waals surface area contributed by atoms with Gasteiger partial charge in [-0.1, -0.05) is 131 Å². The van der Waals surface area contributed by atoms with Crippen LogP contribution in [-0.2, 0) is 6.18 Å². The van der Waals surface area contributed by atoms with Crippen LogP contribution in [-0.4, -0.2) is 9.13 Å². The van der Waals surface area contributed by atoms with Crippen molar-refractivity contribution in [2.75, 3.05) is 0 Å². The molecule has 0 atom stereocenters. The summed E-state index contributed by atoms with van der Waals surface area (Å²) in [5.41, 5.74) is 13.2. The molecule has 0 amide bonds. The maximum Gasteiger partial charge on any atom is 0.415 e. The van der Waals surface area contributed by atoms with Gasteiger partial charge < -0.3 is 9.13 Å². The van der Waals surface area contributed by atoms with Gasteiger partial charge in [0.25, 0.3) is 0 Å². The van der Waals surface area contributed by atoms with Gasteiger partial charge in [-0.25, -0.2) is 4.85 Å². The molecule has 7 heteroatoms. The number of aryl methyl sites for hydroxylation is 4. The number of para-hydroxylation sites is 2. The highest BCUT2D eigenvalue weighted by Crippen LogP contribution is 2.47. The molecule has 298 valence electrons. The molecule has 0 aliphatic carbocycles. The first-order chi connectivity index (χ1) is 29.9. The maximum atomic E-state index is 14.3. The van der Waals surface area contributed by atoms with Gasteiger partial charge in [0.1, 0.15) is 0 Å². The molecule has 0 aliphatic heterocycles. The van der Waals surface area contributed by atoms with Crippen molar-refractivity contribution in [3.8, 4) is 50.8 Å². The van der Waals surface area contributed by atoms with E-state index in [1.807, 2.05) is 36.4 Å². The van der Waals surface area contributed by atoms with Crippen LogP contribution >= 0.6 is 0 Å². The smallest absolute Gasteiger partial charge is 0.309 e.